The van der Waals surface area contributed by atoms with Gasteiger partial charge in [0.15, 0.2) is 23.3 Å². The Morgan fingerprint density at radius 2 is 1.70 bits per heavy atom. The molecule has 144 valence electrons. The third kappa shape index (κ3) is 3.55. The largest absolute Gasteiger partial charge is 0.345 e. The van der Waals surface area contributed by atoms with Gasteiger partial charge in [-0.15, -0.1) is 0 Å². The fraction of sp³-hybridized carbons (Fsp3) is 0.188. The van der Waals surface area contributed by atoms with Crippen LogP contribution in [0.2, 0.25) is 0 Å². The molecule has 0 saturated carbocycles. The van der Waals surface area contributed by atoms with Crippen LogP contribution in [-0.4, -0.2) is 14.3 Å². The SMILES string of the molecule is NS(=O)(=O)c1ccc2c(c1)CC[C@H]2NC(=O)c1c(F)c(F)c(I)c(F)c1F. The van der Waals surface area contributed by atoms with Gasteiger partial charge in [-0.2, -0.15) is 0 Å². The number of carbonyl (C=O) groups is 1. The average Bonchev–Trinajstić information content (AvgIpc) is 3.00. The smallest absolute Gasteiger partial charge is 0.257 e. The van der Waals surface area contributed by atoms with Crippen LogP contribution >= 0.6 is 22.6 Å². The van der Waals surface area contributed by atoms with Crippen LogP contribution in [0.3, 0.4) is 0 Å². The maximum Gasteiger partial charge on any atom is 0.257 e. The first kappa shape index (κ1) is 20.0. The first-order chi connectivity index (χ1) is 12.5. The lowest BCUT2D eigenvalue weighted by atomic mass is 10.1. The summed E-state index contributed by atoms with van der Waals surface area (Å²) in [5, 5.41) is 7.39. The molecule has 3 N–H and O–H groups in total. The molecule has 1 aliphatic rings. The minimum absolute atomic E-state index is 0.105. The second kappa shape index (κ2) is 7.02. The summed E-state index contributed by atoms with van der Waals surface area (Å²) in [7, 11) is -3.90. The first-order valence-electron chi connectivity index (χ1n) is 7.50. The van der Waals surface area contributed by atoms with E-state index in [1.54, 1.807) is 0 Å². The van der Waals surface area contributed by atoms with Gasteiger partial charge in [0.05, 0.1) is 14.5 Å². The van der Waals surface area contributed by atoms with Gasteiger partial charge < -0.3 is 5.32 Å². The summed E-state index contributed by atoms with van der Waals surface area (Å²) >= 11 is 1.10. The number of hydrogen-bond donors (Lipinski definition) is 2. The molecule has 0 aromatic heterocycles. The predicted octanol–water partition coefficient (Wildman–Crippen LogP) is 2.91. The van der Waals surface area contributed by atoms with Crippen molar-refractivity contribution in [3.05, 3.63) is 61.7 Å². The van der Waals surface area contributed by atoms with Crippen molar-refractivity contribution in [1.82, 2.24) is 5.32 Å². The quantitative estimate of drug-likeness (QED) is 0.286. The average molecular weight is 514 g/mol. The summed E-state index contributed by atoms with van der Waals surface area (Å²) < 4.78 is 77.2. The number of benzene rings is 2. The molecule has 2 aromatic carbocycles. The van der Waals surface area contributed by atoms with E-state index in [2.05, 4.69) is 5.32 Å². The van der Waals surface area contributed by atoms with Crippen LogP contribution in [0, 0.1) is 26.8 Å². The van der Waals surface area contributed by atoms with Crippen molar-refractivity contribution in [3.8, 4) is 0 Å². The van der Waals surface area contributed by atoms with E-state index >= 15 is 0 Å². The van der Waals surface area contributed by atoms with E-state index in [9.17, 15) is 30.8 Å². The second-order valence-electron chi connectivity index (χ2n) is 5.92. The molecule has 11 heteroatoms. The molecule has 0 radical (unpaired) electrons. The normalized spacial score (nSPS) is 16.3. The molecule has 0 spiro atoms. The summed E-state index contributed by atoms with van der Waals surface area (Å²) in [5.41, 5.74) is -0.226. The number of nitrogens with two attached hydrogens (primary N) is 1. The van der Waals surface area contributed by atoms with Crippen molar-refractivity contribution >= 4 is 38.5 Å². The highest BCUT2D eigenvalue weighted by molar-refractivity contribution is 14.1. The molecule has 0 bridgehead atoms. The molecule has 1 aliphatic carbocycles. The zero-order valence-corrected chi connectivity index (χ0v) is 16.3. The van der Waals surface area contributed by atoms with Gasteiger partial charge >= 0.3 is 0 Å². The maximum absolute atomic E-state index is 14.0. The Kier molecular flexibility index (Phi) is 5.20. The van der Waals surface area contributed by atoms with Gasteiger partial charge in [-0.05, 0) is 58.7 Å². The zero-order valence-electron chi connectivity index (χ0n) is 13.3. The number of nitrogens with one attached hydrogen (secondary N) is 1. The molecule has 3 rings (SSSR count). The van der Waals surface area contributed by atoms with Gasteiger partial charge in [0.1, 0.15) is 5.56 Å². The minimum atomic E-state index is -3.90. The summed E-state index contributed by atoms with van der Waals surface area (Å²) in [6, 6.07) is 3.31. The summed E-state index contributed by atoms with van der Waals surface area (Å²) in [4.78, 5) is 12.1. The lowest BCUT2D eigenvalue weighted by Gasteiger charge is -2.16. The van der Waals surface area contributed by atoms with Gasteiger partial charge in [-0.3, -0.25) is 4.79 Å². The molecule has 27 heavy (non-hydrogen) atoms. The first-order valence-corrected chi connectivity index (χ1v) is 10.1. The molecule has 0 unspecified atom stereocenters. The van der Waals surface area contributed by atoms with Crippen molar-refractivity contribution < 1.29 is 30.8 Å². The van der Waals surface area contributed by atoms with Gasteiger partial charge in [0.2, 0.25) is 10.0 Å². The zero-order chi connectivity index (χ0) is 20.1. The summed E-state index contributed by atoms with van der Waals surface area (Å²) in [6.07, 6.45) is 0.692. The highest BCUT2D eigenvalue weighted by Gasteiger charge is 2.31. The summed E-state index contributed by atoms with van der Waals surface area (Å²) in [6.45, 7) is 0. The Balaban J connectivity index is 1.93. The van der Waals surface area contributed by atoms with Crippen molar-refractivity contribution in [2.24, 2.45) is 5.14 Å². The molecule has 2 aromatic rings. The Morgan fingerprint density at radius 3 is 2.26 bits per heavy atom. The highest BCUT2D eigenvalue weighted by atomic mass is 127. The number of sulfonamides is 1. The van der Waals surface area contributed by atoms with E-state index in [1.165, 1.54) is 18.2 Å². The Morgan fingerprint density at radius 1 is 1.11 bits per heavy atom. The number of primary sulfonamides is 1. The van der Waals surface area contributed by atoms with Gasteiger partial charge in [0, 0.05) is 0 Å². The second-order valence-corrected chi connectivity index (χ2v) is 8.56. The fourth-order valence-corrected chi connectivity index (χ4v) is 3.99. The van der Waals surface area contributed by atoms with Crippen LogP contribution in [0.1, 0.15) is 33.9 Å². The summed E-state index contributed by atoms with van der Waals surface area (Å²) in [5.74, 6) is -8.17. The molecular weight excluding hydrogens is 503 g/mol. The number of rotatable bonds is 3. The van der Waals surface area contributed by atoms with Crippen LogP contribution in [-0.2, 0) is 16.4 Å². The molecule has 0 saturated heterocycles. The van der Waals surface area contributed by atoms with Crippen LogP contribution in [0.4, 0.5) is 17.6 Å². The van der Waals surface area contributed by atoms with E-state index < -0.39 is 54.4 Å². The van der Waals surface area contributed by atoms with Crippen LogP contribution in [0.5, 0.6) is 0 Å². The van der Waals surface area contributed by atoms with Gasteiger partial charge in [0.25, 0.3) is 5.91 Å². The van der Waals surface area contributed by atoms with E-state index in [-0.39, 0.29) is 4.90 Å². The standard InChI is InChI=1S/C16H11F4IN2O3S/c17-11-10(12(18)14(20)15(21)13(11)19)16(24)23-9-4-1-6-5-7(27(22,25)26)2-3-8(6)9/h2-3,5,9H,1,4H2,(H,23,24)(H2,22,25,26)/t9-/m1/s1. The lowest BCUT2D eigenvalue weighted by Crippen LogP contribution is -2.30. The Labute approximate surface area is 165 Å². The fourth-order valence-electron chi connectivity index (χ4n) is 2.96. The van der Waals surface area contributed by atoms with Crippen molar-refractivity contribution in [2.45, 2.75) is 23.8 Å². The number of fused-ring (bicyclic) bond motifs is 1. The van der Waals surface area contributed by atoms with Crippen molar-refractivity contribution in [1.29, 1.82) is 0 Å². The molecule has 1 amide bonds. The van der Waals surface area contributed by atoms with Gasteiger partial charge in [-0.1, -0.05) is 6.07 Å². The highest BCUT2D eigenvalue weighted by Crippen LogP contribution is 2.33. The van der Waals surface area contributed by atoms with Crippen LogP contribution in [0.25, 0.3) is 0 Å². The van der Waals surface area contributed by atoms with Crippen molar-refractivity contribution in [3.63, 3.8) is 0 Å². The lowest BCUT2D eigenvalue weighted by molar-refractivity contribution is 0.0925. The van der Waals surface area contributed by atoms with Crippen molar-refractivity contribution in [2.75, 3.05) is 0 Å². The number of amides is 1. The third-order valence-electron chi connectivity index (χ3n) is 4.26. The number of aryl methyl sites for hydroxylation is 1. The van der Waals surface area contributed by atoms with Crippen LogP contribution in [0.15, 0.2) is 23.1 Å². The number of hydrogen-bond acceptors (Lipinski definition) is 3. The molecule has 0 heterocycles. The molecular formula is C16H11F4IN2O3S. The van der Waals surface area contributed by atoms with Crippen LogP contribution < -0.4 is 10.5 Å². The monoisotopic (exact) mass is 514 g/mol. The molecule has 1 atom stereocenters. The Hall–Kier alpha value is -1.73. The maximum atomic E-state index is 14.0. The molecule has 5 nitrogen and oxygen atoms in total. The number of carbonyl (C=O) groups excluding carboxylic acids is 1. The van der Waals surface area contributed by atoms with E-state index in [1.807, 2.05) is 0 Å². The van der Waals surface area contributed by atoms with Gasteiger partial charge in [-0.25, -0.2) is 31.1 Å². The molecule has 0 fully saturated rings. The van der Waals surface area contributed by atoms with E-state index in [0.717, 1.165) is 22.6 Å². The van der Waals surface area contributed by atoms with E-state index in [0.29, 0.717) is 24.0 Å². The molecule has 0 aliphatic heterocycles. The topological polar surface area (TPSA) is 89.3 Å². The minimum Gasteiger partial charge on any atom is -0.345 e. The predicted molar refractivity (Wildman–Crippen MR) is 95.3 cm³/mol. The van der Waals surface area contributed by atoms with E-state index in [4.69, 9.17) is 5.14 Å². The Bertz CT molecular complexity index is 1050. The third-order valence-corrected chi connectivity index (χ3v) is 6.12. The number of halogens is 5.